The van der Waals surface area contributed by atoms with Crippen LogP contribution in [0, 0.1) is 11.8 Å². The molecule has 8 atom stereocenters. The minimum atomic E-state index is -0.362. The molecule has 0 radical (unpaired) electrons. The van der Waals surface area contributed by atoms with Gasteiger partial charge in [-0.25, -0.2) is 29.3 Å². The summed E-state index contributed by atoms with van der Waals surface area (Å²) in [6.07, 6.45) is 18.6. The Morgan fingerprint density at radius 1 is 0.604 bits per heavy atom. The maximum absolute atomic E-state index is 13.5. The smallest absolute Gasteiger partial charge is 0.342 e. The highest BCUT2D eigenvalue weighted by Crippen LogP contribution is 2.37. The van der Waals surface area contributed by atoms with Crippen LogP contribution in [0.15, 0.2) is 60.7 Å². The van der Waals surface area contributed by atoms with Crippen molar-refractivity contribution in [2.75, 3.05) is 18.4 Å². The third-order valence-corrected chi connectivity index (χ3v) is 17.0. The Labute approximate surface area is 537 Å². The van der Waals surface area contributed by atoms with Gasteiger partial charge < -0.3 is 41.1 Å². The van der Waals surface area contributed by atoms with Crippen molar-refractivity contribution >= 4 is 46.3 Å². The van der Waals surface area contributed by atoms with Crippen molar-refractivity contribution < 1.29 is 23.7 Å². The first kappa shape index (κ1) is 71.1. The fourth-order valence-electron chi connectivity index (χ4n) is 12.7. The quantitative estimate of drug-likeness (QED) is 0.0801. The van der Waals surface area contributed by atoms with Crippen LogP contribution in [0.2, 0.25) is 0 Å². The molecule has 7 aromatic rings. The summed E-state index contributed by atoms with van der Waals surface area (Å²) in [7, 11) is 1.97. The molecule has 25 nitrogen and oxygen atoms in total. The molecular weight excluding hydrogens is 1150 g/mol. The lowest BCUT2D eigenvalue weighted by molar-refractivity contribution is -0.670. The first-order chi connectivity index (χ1) is 41.9. The fourth-order valence-corrected chi connectivity index (χ4v) is 12.7. The van der Waals surface area contributed by atoms with Gasteiger partial charge in [0.05, 0.1) is 36.5 Å². The number of carbonyl (C=O) groups excluding carboxylic acids is 4. The zero-order valence-electron chi connectivity index (χ0n) is 56.6. The van der Waals surface area contributed by atoms with Crippen molar-refractivity contribution in [3.05, 3.63) is 83.5 Å². The van der Waals surface area contributed by atoms with Gasteiger partial charge in [-0.3, -0.25) is 14.6 Å². The number of aromatic amines is 1. The summed E-state index contributed by atoms with van der Waals surface area (Å²) in [6, 6.07) is 6.17. The van der Waals surface area contributed by atoms with Gasteiger partial charge in [-0.15, -0.1) is 0 Å². The van der Waals surface area contributed by atoms with Crippen molar-refractivity contribution in [1.29, 1.82) is 0 Å². The normalized spacial score (nSPS) is 22.5. The largest absolute Gasteiger partial charge is 0.349 e. The molecule has 11 rings (SSSR count). The Balaban J connectivity index is 0.000000182. The lowest BCUT2D eigenvalue weighted by Gasteiger charge is -2.43. The van der Waals surface area contributed by atoms with Gasteiger partial charge >= 0.3 is 11.6 Å². The second-order valence-corrected chi connectivity index (χ2v) is 30.4. The number of aromatic nitrogens is 14. The molecule has 2 aliphatic heterocycles. The molecule has 0 aromatic carbocycles. The topological polar surface area (TPSA) is 295 Å². The first-order valence-electron chi connectivity index (χ1n) is 32.0. The van der Waals surface area contributed by atoms with Gasteiger partial charge in [-0.1, -0.05) is 69.7 Å². The Kier molecular flexibility index (Phi) is 22.1. The van der Waals surface area contributed by atoms with Gasteiger partial charge in [0, 0.05) is 95.6 Å². The molecule has 4 aliphatic rings. The summed E-state index contributed by atoms with van der Waals surface area (Å²) in [5.41, 5.74) is 10.4. The van der Waals surface area contributed by atoms with Crippen LogP contribution >= 0.6 is 0 Å². The number of nitrogens with zero attached hydrogens (tertiary/aromatic N) is 15. The van der Waals surface area contributed by atoms with Crippen LogP contribution in [0.4, 0.5) is 5.95 Å². The lowest BCUT2D eigenvalue weighted by atomic mass is 9.77. The van der Waals surface area contributed by atoms with E-state index in [0.29, 0.717) is 55.1 Å². The molecule has 7 aromatic heterocycles. The van der Waals surface area contributed by atoms with Gasteiger partial charge in [-0.2, -0.15) is 38.4 Å². The maximum Gasteiger partial charge on any atom is 0.349 e. The van der Waals surface area contributed by atoms with Gasteiger partial charge in [0.1, 0.15) is 42.7 Å². The highest BCUT2D eigenvalue weighted by molar-refractivity contribution is 5.87. The molecule has 2 unspecified atom stereocenters. The number of imidazole rings is 1. The molecule has 0 spiro atoms. The zero-order valence-corrected chi connectivity index (χ0v) is 56.6. The minimum Gasteiger partial charge on any atom is -0.342 e. The second-order valence-electron chi connectivity index (χ2n) is 30.4. The number of H-pyrrole nitrogens is 1. The van der Waals surface area contributed by atoms with Crippen molar-refractivity contribution in [2.45, 2.75) is 253 Å². The molecule has 2 saturated heterocycles. The van der Waals surface area contributed by atoms with E-state index in [-0.39, 0.29) is 99.8 Å². The maximum atomic E-state index is 13.5. The predicted octanol–water partition coefficient (Wildman–Crippen LogP) is 7.18. The van der Waals surface area contributed by atoms with E-state index >= 15 is 0 Å². The summed E-state index contributed by atoms with van der Waals surface area (Å²) in [6.45, 7) is 36.6. The Morgan fingerprint density at radius 3 is 1.52 bits per heavy atom. The number of nitrogens with one attached hydrogen (secondary N) is 4. The Morgan fingerprint density at radius 2 is 1.07 bits per heavy atom. The third-order valence-electron chi connectivity index (χ3n) is 17.0. The highest BCUT2D eigenvalue weighted by Gasteiger charge is 2.44. The van der Waals surface area contributed by atoms with E-state index < -0.39 is 0 Å². The van der Waals surface area contributed by atoms with Crippen molar-refractivity contribution in [1.82, 2.24) is 83.7 Å². The summed E-state index contributed by atoms with van der Waals surface area (Å²) in [5.74, 6) is 2.25. The van der Waals surface area contributed by atoms with E-state index in [1.54, 1.807) is 29.2 Å². The predicted molar refractivity (Wildman–Crippen MR) is 353 cm³/mol. The van der Waals surface area contributed by atoms with Crippen LogP contribution < -0.4 is 31.9 Å². The van der Waals surface area contributed by atoms with E-state index in [1.165, 1.54) is 17.2 Å². The Hall–Kier alpha value is -7.38. The van der Waals surface area contributed by atoms with E-state index in [4.69, 9.17) is 10.8 Å². The molecule has 4 fully saturated rings. The first-order valence-corrected chi connectivity index (χ1v) is 32.0. The van der Waals surface area contributed by atoms with Crippen molar-refractivity contribution in [3.63, 3.8) is 0 Å². The molecule has 6 N–H and O–H groups in total. The summed E-state index contributed by atoms with van der Waals surface area (Å²) in [5, 5.41) is 24.2. The zero-order chi connectivity index (χ0) is 66.0. The number of nitrogens with two attached hydrogens (primary N) is 1. The summed E-state index contributed by atoms with van der Waals surface area (Å²) < 4.78 is 8.63. The minimum absolute atomic E-state index is 0. The number of Topliss-reactive ketones (excluding diaryl/α,β-unsaturated/α-hetero) is 2. The van der Waals surface area contributed by atoms with Gasteiger partial charge in [-0.05, 0) is 119 Å². The number of hydrogen-bond donors (Lipinski definition) is 5. The van der Waals surface area contributed by atoms with Crippen LogP contribution in [0.25, 0.3) is 22.9 Å². The number of likely N-dealkylation sites (tertiary alicyclic amines) is 2. The Bertz CT molecular complexity index is 3690. The van der Waals surface area contributed by atoms with Crippen molar-refractivity contribution in [3.8, 4) is 5.95 Å². The number of ketones is 2. The number of amides is 2. The van der Waals surface area contributed by atoms with Crippen LogP contribution in [0.1, 0.15) is 206 Å². The molecule has 498 valence electrons. The molecule has 91 heavy (non-hydrogen) atoms. The van der Waals surface area contributed by atoms with E-state index in [2.05, 4.69) is 139 Å². The van der Waals surface area contributed by atoms with E-state index in [9.17, 15) is 24.0 Å². The standard InChI is InChI=1S/C26H41N7O2.C17H31N3O2.C13H17N6.C9H12N4O.CH4/c1-16(34)12-17-13-18(30-26(5,6)7)8-9-20(17)32-11-10-19(23(32)35)29-24-28-15-27-22-14-21(25(2,3)4)31-33(22)24;1-11(21)9-12-10-13(19-17(2,3)4)5-6-15(12)20-8-7-14(18)16(20)22;1-13(2,3)10-7-11-14-8-15-12(19(11)16-10)18-6-5-17(4)9-18;1-9(2,3)6-4-7-10-5-11-8(14)13(7)12-6;/h14-15,17-20,30H,8-13H2,1-7H3,(H,27,28,29);12-15,19H,5-10,18H2,1-4H3;5-9H,1-4H3;4-5H,1-3H3,(H,10,11,14);1H4/q;;+1;;/t17?,18-,19+,20+;12?,13-,14+,15+;;;/m11.../s1. The third kappa shape index (κ3) is 18.2. The average Bonchev–Trinajstić information content (AvgIpc) is 1.77. The van der Waals surface area contributed by atoms with Gasteiger partial charge in [0.15, 0.2) is 16.9 Å². The number of aryl methyl sites for hydroxylation is 1. The molecule has 25 heteroatoms. The molecule has 0 bridgehead atoms. The summed E-state index contributed by atoms with van der Waals surface area (Å²) >= 11 is 0. The van der Waals surface area contributed by atoms with Crippen molar-refractivity contribution in [2.24, 2.45) is 24.6 Å². The van der Waals surface area contributed by atoms with Crippen LogP contribution in [-0.4, -0.2) is 157 Å². The number of rotatable bonds is 11. The van der Waals surface area contributed by atoms with E-state index in [0.717, 1.165) is 80.2 Å². The summed E-state index contributed by atoms with van der Waals surface area (Å²) in [4.78, 5) is 88.7. The molecule has 2 amide bonds. The number of fused-ring (bicyclic) bond motifs is 3. The van der Waals surface area contributed by atoms with Crippen LogP contribution in [0.3, 0.4) is 0 Å². The van der Waals surface area contributed by atoms with Crippen LogP contribution in [0.5, 0.6) is 0 Å². The van der Waals surface area contributed by atoms with E-state index in [1.807, 2.05) is 83.7 Å². The SMILES string of the molecule is C.CC(=O)CC1C[C@H](NC(C)(C)C)CC[C@@H]1N1CC[C@H](N)C1=O.CC(=O)CC1C[C@H](NC(C)(C)C)CC[C@@H]1N1CC[C@H](Nc2ncnc3cc(C(C)(C)C)nn23)C1=O.CC(C)(C)c1cc2nc[nH]c(=O)n2n1.C[n+]1ccn(-c2ncnc3cc(C(C)(C)C)nn23)c1. The van der Waals surface area contributed by atoms with Crippen LogP contribution in [-0.2, 0) is 42.5 Å². The molecule has 9 heterocycles. The fraction of sp³-hybridized carbons (Fsp3) is 0.667. The number of anilines is 1. The van der Waals surface area contributed by atoms with Gasteiger partial charge in [0.2, 0.25) is 17.8 Å². The second kappa shape index (κ2) is 28.2. The molecule has 2 saturated carbocycles. The highest BCUT2D eigenvalue weighted by atomic mass is 16.2. The van der Waals surface area contributed by atoms with Gasteiger partial charge in [0.25, 0.3) is 6.33 Å². The molecular formula is C66H105N20O5+. The molecule has 2 aliphatic carbocycles. The average molecular weight is 1260 g/mol. The number of carbonyl (C=O) groups is 4. The number of hydrogen-bond acceptors (Lipinski definition) is 17. The lowest BCUT2D eigenvalue weighted by Crippen LogP contribution is -2.53. The monoisotopic (exact) mass is 1260 g/mol.